The van der Waals surface area contributed by atoms with Gasteiger partial charge in [0, 0.05) is 27.2 Å². The summed E-state index contributed by atoms with van der Waals surface area (Å²) in [6, 6.07) is 14.7. The average molecular weight is 611 g/mol. The molecule has 0 aliphatic carbocycles. The monoisotopic (exact) mass is 610 g/mol. The molecule has 1 aliphatic heterocycles. The smallest absolute Gasteiger partial charge is 0.410 e. The van der Waals surface area contributed by atoms with Crippen molar-refractivity contribution in [1.82, 2.24) is 4.90 Å². The molecule has 0 saturated carbocycles. The van der Waals surface area contributed by atoms with Gasteiger partial charge >= 0.3 is 6.09 Å². The number of likely N-dealkylation sites (tertiary alicyclic amines) is 1. The van der Waals surface area contributed by atoms with E-state index in [1.165, 1.54) is 11.3 Å². The van der Waals surface area contributed by atoms with E-state index in [0.717, 1.165) is 10.4 Å². The maximum Gasteiger partial charge on any atom is 0.410 e. The van der Waals surface area contributed by atoms with Crippen LogP contribution in [0.1, 0.15) is 36.0 Å². The van der Waals surface area contributed by atoms with Crippen molar-refractivity contribution in [2.75, 3.05) is 25.5 Å². The summed E-state index contributed by atoms with van der Waals surface area (Å²) < 4.78 is 17.0. The van der Waals surface area contributed by atoms with Gasteiger partial charge in [-0.3, -0.25) is 4.79 Å². The molecule has 0 spiro atoms. The van der Waals surface area contributed by atoms with Crippen molar-refractivity contribution in [3.05, 3.63) is 64.0 Å². The van der Waals surface area contributed by atoms with E-state index in [4.69, 9.17) is 25.8 Å². The molecule has 1 fully saturated rings. The Labute approximate surface area is 251 Å². The first-order chi connectivity index (χ1) is 19.2. The highest BCUT2D eigenvalue weighted by Gasteiger charge is 2.35. The van der Waals surface area contributed by atoms with Crippen molar-refractivity contribution >= 4 is 48.7 Å². The van der Waals surface area contributed by atoms with E-state index >= 15 is 0 Å². The lowest BCUT2D eigenvalue weighted by Gasteiger charge is -2.39. The van der Waals surface area contributed by atoms with Crippen molar-refractivity contribution in [2.24, 2.45) is 0 Å². The van der Waals surface area contributed by atoms with Crippen LogP contribution in [0.5, 0.6) is 11.5 Å². The molecule has 41 heavy (non-hydrogen) atoms. The number of hydrogen-bond donors (Lipinski definition) is 1. The first-order valence-corrected chi connectivity index (χ1v) is 18.0. The van der Waals surface area contributed by atoms with Crippen molar-refractivity contribution in [2.45, 2.75) is 52.1 Å². The first kappa shape index (κ1) is 30.5. The number of halogens is 1. The number of thiophene rings is 1. The normalized spacial score (nSPS) is 13.5. The van der Waals surface area contributed by atoms with Crippen LogP contribution in [0.25, 0.3) is 10.4 Å². The van der Waals surface area contributed by atoms with Crippen LogP contribution in [0.3, 0.4) is 0 Å². The quantitative estimate of drug-likeness (QED) is 0.230. The Morgan fingerprint density at radius 3 is 2.34 bits per heavy atom. The molecule has 0 unspecified atom stereocenters. The van der Waals surface area contributed by atoms with Gasteiger partial charge in [0.1, 0.15) is 24.7 Å². The molecule has 1 aliphatic rings. The van der Waals surface area contributed by atoms with Crippen LogP contribution in [0.15, 0.2) is 48.5 Å². The highest BCUT2D eigenvalue weighted by Crippen LogP contribution is 2.35. The van der Waals surface area contributed by atoms with Gasteiger partial charge in [-0.1, -0.05) is 49.3 Å². The summed E-state index contributed by atoms with van der Waals surface area (Å²) in [6.45, 7) is 12.9. The predicted molar refractivity (Wildman–Crippen MR) is 168 cm³/mol. The van der Waals surface area contributed by atoms with Crippen LogP contribution in [0, 0.1) is 11.5 Å². The van der Waals surface area contributed by atoms with Crippen LogP contribution in [0.2, 0.25) is 24.7 Å². The zero-order valence-electron chi connectivity index (χ0n) is 24.4. The Balaban J connectivity index is 1.49. The van der Waals surface area contributed by atoms with Gasteiger partial charge in [0.2, 0.25) is 0 Å². The topological polar surface area (TPSA) is 77.1 Å². The van der Waals surface area contributed by atoms with E-state index in [0.29, 0.717) is 45.7 Å². The van der Waals surface area contributed by atoms with Gasteiger partial charge in [-0.05, 0) is 56.7 Å². The number of rotatable bonds is 6. The highest BCUT2D eigenvalue weighted by molar-refractivity contribution is 7.17. The van der Waals surface area contributed by atoms with Gasteiger partial charge in [-0.2, -0.15) is 0 Å². The molecule has 1 saturated heterocycles. The molecule has 0 bridgehead atoms. The lowest BCUT2D eigenvalue weighted by Crippen LogP contribution is -2.57. The highest BCUT2D eigenvalue weighted by atomic mass is 35.5. The number of carbonyl (C=O) groups excluding carboxylic acids is 2. The van der Waals surface area contributed by atoms with Crippen LogP contribution < -0.4 is 14.8 Å². The van der Waals surface area contributed by atoms with Gasteiger partial charge in [-0.15, -0.1) is 16.9 Å². The summed E-state index contributed by atoms with van der Waals surface area (Å²) in [4.78, 5) is 28.8. The fourth-order valence-corrected chi connectivity index (χ4v) is 5.51. The number of nitrogens with one attached hydrogen (secondary N) is 1. The summed E-state index contributed by atoms with van der Waals surface area (Å²) in [7, 11) is -0.121. The second kappa shape index (κ2) is 12.2. The van der Waals surface area contributed by atoms with Crippen LogP contribution >= 0.6 is 22.9 Å². The zero-order chi connectivity index (χ0) is 29.9. The maximum atomic E-state index is 13.5. The number of amides is 2. The predicted octanol–water partition coefficient (Wildman–Crippen LogP) is 7.56. The van der Waals surface area contributed by atoms with E-state index in [-0.39, 0.29) is 18.1 Å². The SMILES string of the molecule is COc1cc(NC(=O)c2sc(-c3ccc(Cl)cc3)cc2C#C[Si](C)(C)C)ccc1OC1CN(C(=O)OC(C)(C)C)C1. The molecule has 0 atom stereocenters. The molecule has 10 heteroatoms. The van der Waals surface area contributed by atoms with Gasteiger partial charge in [0.15, 0.2) is 11.5 Å². The van der Waals surface area contributed by atoms with Gasteiger partial charge in [0.05, 0.1) is 20.2 Å². The lowest BCUT2D eigenvalue weighted by atomic mass is 10.1. The summed E-state index contributed by atoms with van der Waals surface area (Å²) in [5.74, 6) is 4.02. The molecule has 1 aromatic heterocycles. The summed E-state index contributed by atoms with van der Waals surface area (Å²) in [5, 5.41) is 3.64. The number of nitrogens with zero attached hydrogens (tertiary/aromatic N) is 1. The van der Waals surface area contributed by atoms with Crippen LogP contribution in [-0.2, 0) is 4.74 Å². The van der Waals surface area contributed by atoms with Crippen molar-refractivity contribution < 1.29 is 23.8 Å². The molecule has 2 heterocycles. The molecule has 1 N–H and O–H groups in total. The molecule has 2 aromatic carbocycles. The van der Waals surface area contributed by atoms with Gasteiger partial charge in [-0.25, -0.2) is 4.79 Å². The second-order valence-electron chi connectivity index (χ2n) is 11.8. The zero-order valence-corrected chi connectivity index (χ0v) is 27.0. The third-order valence-electron chi connectivity index (χ3n) is 5.85. The Hall–Kier alpha value is -3.45. The second-order valence-corrected chi connectivity index (χ2v) is 18.0. The average Bonchev–Trinajstić information content (AvgIpc) is 3.28. The lowest BCUT2D eigenvalue weighted by molar-refractivity contribution is -0.0226. The standard InChI is InChI=1S/C31H35ClN2O5SSi/c1-31(2,3)39-30(36)34-18-24(19-34)38-25-13-12-23(17-26(25)37-4)33-29(35)28-21(14-15-41(5,6)7)16-27(40-28)20-8-10-22(32)11-9-20/h8-13,16-17,24H,18-19H2,1-7H3,(H,33,35). The van der Waals surface area contributed by atoms with Crippen molar-refractivity contribution in [3.8, 4) is 33.4 Å². The third kappa shape index (κ3) is 8.29. The number of ether oxygens (including phenoxy) is 3. The van der Waals surface area contributed by atoms with Gasteiger partial charge < -0.3 is 24.4 Å². The number of carbonyl (C=O) groups is 2. The Bertz CT molecular complexity index is 1490. The number of methoxy groups -OCH3 is 1. The van der Waals surface area contributed by atoms with Crippen molar-refractivity contribution in [3.63, 3.8) is 0 Å². The van der Waals surface area contributed by atoms with E-state index in [9.17, 15) is 9.59 Å². The Morgan fingerprint density at radius 1 is 1.05 bits per heavy atom. The number of hydrogen-bond acceptors (Lipinski definition) is 6. The van der Waals surface area contributed by atoms with E-state index in [1.54, 1.807) is 30.2 Å². The van der Waals surface area contributed by atoms with Crippen LogP contribution in [-0.4, -0.2) is 56.9 Å². The molecular weight excluding hydrogens is 576 g/mol. The van der Waals surface area contributed by atoms with Crippen LogP contribution in [0.4, 0.5) is 10.5 Å². The molecular formula is C31H35ClN2O5SSi. The molecule has 4 rings (SSSR count). The fourth-order valence-electron chi connectivity index (χ4n) is 3.86. The third-order valence-corrected chi connectivity index (χ3v) is 8.16. The summed E-state index contributed by atoms with van der Waals surface area (Å²) in [5.41, 5.74) is 5.06. The minimum atomic E-state index is -1.67. The van der Waals surface area contributed by atoms with E-state index < -0.39 is 13.7 Å². The molecule has 3 aromatic rings. The fraction of sp³-hybridized carbons (Fsp3) is 0.355. The number of benzene rings is 2. The van der Waals surface area contributed by atoms with Crippen molar-refractivity contribution in [1.29, 1.82) is 0 Å². The minimum Gasteiger partial charge on any atom is -0.493 e. The Kier molecular flexibility index (Phi) is 9.07. The summed E-state index contributed by atoms with van der Waals surface area (Å²) in [6.07, 6.45) is -0.536. The molecule has 216 valence electrons. The molecule has 7 nitrogen and oxygen atoms in total. The Morgan fingerprint density at radius 2 is 1.73 bits per heavy atom. The maximum absolute atomic E-state index is 13.5. The molecule has 0 radical (unpaired) electrons. The molecule has 2 amide bonds. The number of anilines is 1. The first-order valence-electron chi connectivity index (χ1n) is 13.3. The van der Waals surface area contributed by atoms with E-state index in [1.807, 2.05) is 51.1 Å². The van der Waals surface area contributed by atoms with Gasteiger partial charge in [0.25, 0.3) is 5.91 Å². The largest absolute Gasteiger partial charge is 0.493 e. The van der Waals surface area contributed by atoms with E-state index in [2.05, 4.69) is 36.4 Å². The minimum absolute atomic E-state index is 0.179. The summed E-state index contributed by atoms with van der Waals surface area (Å²) >= 11 is 7.47.